The largest absolute Gasteiger partial charge is 0.462 e. The molecule has 0 saturated heterocycles. The monoisotopic (exact) mass is 262 g/mol. The Balaban J connectivity index is 2.31. The van der Waals surface area contributed by atoms with Crippen molar-refractivity contribution in [2.24, 2.45) is 5.92 Å². The SMILES string of the molecule is C=C[C@@H](C)[C@H](CCOCc1ccccc1)OC(C)=O. The van der Waals surface area contributed by atoms with Crippen LogP contribution in [0.3, 0.4) is 0 Å². The quantitative estimate of drug-likeness (QED) is 0.409. The summed E-state index contributed by atoms with van der Waals surface area (Å²) in [5, 5.41) is 0. The molecule has 0 saturated carbocycles. The lowest BCUT2D eigenvalue weighted by molar-refractivity contribution is -0.149. The van der Waals surface area contributed by atoms with Gasteiger partial charge in [0.2, 0.25) is 0 Å². The molecule has 0 aromatic heterocycles. The maximum absolute atomic E-state index is 11.0. The van der Waals surface area contributed by atoms with Gasteiger partial charge in [-0.1, -0.05) is 43.3 Å². The van der Waals surface area contributed by atoms with Crippen molar-refractivity contribution in [2.45, 2.75) is 33.0 Å². The summed E-state index contributed by atoms with van der Waals surface area (Å²) < 4.78 is 10.9. The number of benzene rings is 1. The number of carbonyl (C=O) groups is 1. The normalized spacial score (nSPS) is 13.6. The molecule has 104 valence electrons. The molecule has 1 rings (SSSR count). The Morgan fingerprint density at radius 1 is 1.37 bits per heavy atom. The van der Waals surface area contributed by atoms with Crippen LogP contribution in [0.15, 0.2) is 43.0 Å². The first-order valence-electron chi connectivity index (χ1n) is 6.55. The summed E-state index contributed by atoms with van der Waals surface area (Å²) in [5.41, 5.74) is 1.14. The molecule has 0 N–H and O–H groups in total. The maximum atomic E-state index is 11.0. The Hall–Kier alpha value is -1.61. The second-order valence-corrected chi connectivity index (χ2v) is 4.57. The molecule has 0 amide bonds. The maximum Gasteiger partial charge on any atom is 0.302 e. The van der Waals surface area contributed by atoms with Crippen molar-refractivity contribution in [2.75, 3.05) is 6.61 Å². The molecule has 3 nitrogen and oxygen atoms in total. The number of esters is 1. The van der Waals surface area contributed by atoms with Crippen LogP contribution >= 0.6 is 0 Å². The summed E-state index contributed by atoms with van der Waals surface area (Å²) in [6, 6.07) is 10.00. The number of hydrogen-bond donors (Lipinski definition) is 0. The number of carbonyl (C=O) groups excluding carboxylic acids is 1. The van der Waals surface area contributed by atoms with Crippen LogP contribution in [-0.2, 0) is 20.9 Å². The predicted octanol–water partition coefficient (Wildman–Crippen LogP) is 3.35. The minimum absolute atomic E-state index is 0.129. The minimum Gasteiger partial charge on any atom is -0.462 e. The zero-order chi connectivity index (χ0) is 14.1. The topological polar surface area (TPSA) is 35.5 Å². The van der Waals surface area contributed by atoms with Crippen molar-refractivity contribution in [3.05, 3.63) is 48.6 Å². The highest BCUT2D eigenvalue weighted by Gasteiger charge is 2.17. The molecule has 3 heteroatoms. The van der Waals surface area contributed by atoms with Crippen LogP contribution < -0.4 is 0 Å². The molecule has 0 fully saturated rings. The van der Waals surface area contributed by atoms with E-state index in [1.165, 1.54) is 6.92 Å². The minimum atomic E-state index is -0.262. The van der Waals surface area contributed by atoms with Gasteiger partial charge in [-0.3, -0.25) is 4.79 Å². The van der Waals surface area contributed by atoms with Gasteiger partial charge in [-0.05, 0) is 5.56 Å². The van der Waals surface area contributed by atoms with Crippen LogP contribution in [0.25, 0.3) is 0 Å². The van der Waals surface area contributed by atoms with Gasteiger partial charge in [-0.15, -0.1) is 6.58 Å². The summed E-state index contributed by atoms with van der Waals surface area (Å²) >= 11 is 0. The second-order valence-electron chi connectivity index (χ2n) is 4.57. The van der Waals surface area contributed by atoms with Crippen molar-refractivity contribution in [1.82, 2.24) is 0 Å². The van der Waals surface area contributed by atoms with Gasteiger partial charge >= 0.3 is 5.97 Å². The Labute approximate surface area is 115 Å². The van der Waals surface area contributed by atoms with Crippen LogP contribution in [0.2, 0.25) is 0 Å². The number of hydrogen-bond acceptors (Lipinski definition) is 3. The highest BCUT2D eigenvalue weighted by molar-refractivity contribution is 5.66. The van der Waals surface area contributed by atoms with E-state index >= 15 is 0 Å². The lowest BCUT2D eigenvalue weighted by Crippen LogP contribution is -2.24. The molecule has 1 aromatic rings. The van der Waals surface area contributed by atoms with E-state index in [4.69, 9.17) is 9.47 Å². The predicted molar refractivity (Wildman–Crippen MR) is 75.6 cm³/mol. The van der Waals surface area contributed by atoms with Crippen LogP contribution in [0.4, 0.5) is 0 Å². The molecule has 1 aromatic carbocycles. The molecule has 0 aliphatic rings. The van der Waals surface area contributed by atoms with Gasteiger partial charge in [0, 0.05) is 19.3 Å². The van der Waals surface area contributed by atoms with Crippen LogP contribution in [0.5, 0.6) is 0 Å². The average Bonchev–Trinajstić information content (AvgIpc) is 2.42. The third-order valence-corrected chi connectivity index (χ3v) is 2.93. The first-order valence-corrected chi connectivity index (χ1v) is 6.55. The van der Waals surface area contributed by atoms with Gasteiger partial charge in [0.1, 0.15) is 6.10 Å². The van der Waals surface area contributed by atoms with Crippen LogP contribution in [0, 0.1) is 5.92 Å². The molecule has 0 aliphatic heterocycles. The summed E-state index contributed by atoms with van der Waals surface area (Å²) in [7, 11) is 0. The summed E-state index contributed by atoms with van der Waals surface area (Å²) in [6.45, 7) is 8.28. The van der Waals surface area contributed by atoms with E-state index in [-0.39, 0.29) is 18.0 Å². The lowest BCUT2D eigenvalue weighted by Gasteiger charge is -2.21. The molecular formula is C16H22O3. The summed E-state index contributed by atoms with van der Waals surface area (Å²) in [5.74, 6) is -0.133. The number of ether oxygens (including phenoxy) is 2. The molecular weight excluding hydrogens is 240 g/mol. The zero-order valence-corrected chi connectivity index (χ0v) is 11.7. The summed E-state index contributed by atoms with van der Waals surface area (Å²) in [6.07, 6.45) is 2.32. The molecule has 0 heterocycles. The van der Waals surface area contributed by atoms with E-state index in [9.17, 15) is 4.79 Å². The van der Waals surface area contributed by atoms with Crippen molar-refractivity contribution < 1.29 is 14.3 Å². The van der Waals surface area contributed by atoms with E-state index in [1.54, 1.807) is 6.08 Å². The highest BCUT2D eigenvalue weighted by Crippen LogP contribution is 2.13. The van der Waals surface area contributed by atoms with E-state index < -0.39 is 0 Å². The van der Waals surface area contributed by atoms with Crippen molar-refractivity contribution in [1.29, 1.82) is 0 Å². The van der Waals surface area contributed by atoms with E-state index in [2.05, 4.69) is 6.58 Å². The highest BCUT2D eigenvalue weighted by atomic mass is 16.5. The van der Waals surface area contributed by atoms with E-state index in [1.807, 2.05) is 37.3 Å². The van der Waals surface area contributed by atoms with Gasteiger partial charge in [0.15, 0.2) is 0 Å². The standard InChI is InChI=1S/C16H22O3/c1-4-13(2)16(19-14(3)17)10-11-18-12-15-8-6-5-7-9-15/h4-9,13,16H,1,10-12H2,2-3H3/t13-,16+/m1/s1. The smallest absolute Gasteiger partial charge is 0.302 e. The zero-order valence-electron chi connectivity index (χ0n) is 11.7. The fraction of sp³-hybridized carbons (Fsp3) is 0.438. The summed E-state index contributed by atoms with van der Waals surface area (Å²) in [4.78, 5) is 11.0. The molecule has 0 aliphatic carbocycles. The molecule has 0 unspecified atom stereocenters. The average molecular weight is 262 g/mol. The third-order valence-electron chi connectivity index (χ3n) is 2.93. The number of rotatable bonds is 8. The Bertz CT molecular complexity index is 386. The first kappa shape index (κ1) is 15.4. The van der Waals surface area contributed by atoms with Crippen LogP contribution in [0.1, 0.15) is 25.8 Å². The first-order chi connectivity index (χ1) is 9.13. The van der Waals surface area contributed by atoms with Crippen LogP contribution in [-0.4, -0.2) is 18.7 Å². The van der Waals surface area contributed by atoms with E-state index in [0.29, 0.717) is 19.6 Å². The Morgan fingerprint density at radius 2 is 2.05 bits per heavy atom. The third kappa shape index (κ3) is 6.20. The van der Waals surface area contributed by atoms with Crippen molar-refractivity contribution in [3.8, 4) is 0 Å². The lowest BCUT2D eigenvalue weighted by atomic mass is 10.0. The van der Waals surface area contributed by atoms with Gasteiger partial charge in [-0.2, -0.15) is 0 Å². The van der Waals surface area contributed by atoms with Gasteiger partial charge in [0.25, 0.3) is 0 Å². The van der Waals surface area contributed by atoms with Crippen molar-refractivity contribution in [3.63, 3.8) is 0 Å². The van der Waals surface area contributed by atoms with Gasteiger partial charge in [-0.25, -0.2) is 0 Å². The van der Waals surface area contributed by atoms with Gasteiger partial charge < -0.3 is 9.47 Å². The second kappa shape index (κ2) is 8.48. The Kier molecular flexibility index (Phi) is 6.90. The molecule has 0 radical (unpaired) electrons. The molecule has 19 heavy (non-hydrogen) atoms. The molecule has 0 bridgehead atoms. The molecule has 0 spiro atoms. The fourth-order valence-electron chi connectivity index (χ4n) is 1.76. The molecule has 2 atom stereocenters. The Morgan fingerprint density at radius 3 is 2.63 bits per heavy atom. The fourth-order valence-corrected chi connectivity index (χ4v) is 1.76. The van der Waals surface area contributed by atoms with Crippen molar-refractivity contribution >= 4 is 5.97 Å². The van der Waals surface area contributed by atoms with Gasteiger partial charge in [0.05, 0.1) is 13.2 Å². The van der Waals surface area contributed by atoms with E-state index in [0.717, 1.165) is 5.56 Å².